The molecule has 0 heterocycles. The predicted molar refractivity (Wildman–Crippen MR) is 98.1 cm³/mol. The van der Waals surface area contributed by atoms with Gasteiger partial charge in [-0.15, -0.1) is 0 Å². The standard InChI is InChI=1S/C22H36O3/c1-14-4-7-19-18-6-5-15-12-22(24,13-25-3)11-9-16(15)17(18)8-10-21(19,2)20(14)23/h14-19,24H,4-13H2,1-3H3/t14-,15-,16+,17-,18-,19+,21+,22-/m1/s1. The molecular weight excluding hydrogens is 312 g/mol. The lowest BCUT2D eigenvalue weighted by molar-refractivity contribution is -0.157. The molecule has 0 aromatic rings. The Morgan fingerprint density at radius 2 is 1.80 bits per heavy atom. The number of methoxy groups -OCH3 is 1. The number of Topliss-reactive ketones (excluding diaryl/α,β-unsaturated/α-hetero) is 1. The van der Waals surface area contributed by atoms with E-state index < -0.39 is 5.60 Å². The summed E-state index contributed by atoms with van der Waals surface area (Å²) in [5.41, 5.74) is -0.640. The van der Waals surface area contributed by atoms with Crippen LogP contribution in [0.1, 0.15) is 71.6 Å². The molecule has 0 aliphatic heterocycles. The highest BCUT2D eigenvalue weighted by Gasteiger charge is 2.57. The van der Waals surface area contributed by atoms with Gasteiger partial charge in [0.25, 0.3) is 0 Å². The normalized spacial score (nSPS) is 52.9. The first-order valence-corrected chi connectivity index (χ1v) is 10.6. The maximum absolute atomic E-state index is 12.9. The molecule has 0 radical (unpaired) electrons. The largest absolute Gasteiger partial charge is 0.387 e. The Morgan fingerprint density at radius 3 is 2.56 bits per heavy atom. The minimum absolute atomic E-state index is 0.0445. The average Bonchev–Trinajstić information content (AvgIpc) is 2.58. The van der Waals surface area contributed by atoms with E-state index in [4.69, 9.17) is 4.74 Å². The predicted octanol–water partition coefficient (Wildman–Crippen LogP) is 4.22. The molecule has 25 heavy (non-hydrogen) atoms. The molecule has 4 aliphatic carbocycles. The van der Waals surface area contributed by atoms with E-state index in [1.54, 1.807) is 7.11 Å². The van der Waals surface area contributed by atoms with Crippen LogP contribution in [-0.2, 0) is 9.53 Å². The Kier molecular flexibility index (Phi) is 4.56. The summed E-state index contributed by atoms with van der Waals surface area (Å²) in [6.45, 7) is 4.91. The fourth-order valence-electron chi connectivity index (χ4n) is 7.64. The first kappa shape index (κ1) is 18.0. The van der Waals surface area contributed by atoms with Crippen molar-refractivity contribution in [3.63, 3.8) is 0 Å². The highest BCUT2D eigenvalue weighted by Crippen LogP contribution is 2.61. The lowest BCUT2D eigenvalue weighted by atomic mass is 9.46. The van der Waals surface area contributed by atoms with Crippen LogP contribution in [0.3, 0.4) is 0 Å². The number of hydrogen-bond donors (Lipinski definition) is 1. The van der Waals surface area contributed by atoms with Crippen molar-refractivity contribution < 1.29 is 14.6 Å². The number of carbonyl (C=O) groups excluding carboxylic acids is 1. The smallest absolute Gasteiger partial charge is 0.141 e. The van der Waals surface area contributed by atoms with Gasteiger partial charge in [0, 0.05) is 18.4 Å². The molecule has 0 bridgehead atoms. The van der Waals surface area contributed by atoms with Gasteiger partial charge in [0.05, 0.1) is 12.2 Å². The lowest BCUT2D eigenvalue weighted by Crippen LogP contribution is -2.55. The first-order chi connectivity index (χ1) is 11.9. The highest BCUT2D eigenvalue weighted by atomic mass is 16.5. The molecule has 4 saturated carbocycles. The molecule has 8 atom stereocenters. The molecule has 4 rings (SSSR count). The van der Waals surface area contributed by atoms with E-state index in [0.29, 0.717) is 24.2 Å². The number of ketones is 1. The summed E-state index contributed by atoms with van der Waals surface area (Å²) in [4.78, 5) is 12.9. The molecule has 0 unspecified atom stereocenters. The molecule has 0 spiro atoms. The zero-order valence-corrected chi connectivity index (χ0v) is 16.3. The summed E-state index contributed by atoms with van der Waals surface area (Å²) >= 11 is 0. The van der Waals surface area contributed by atoms with Crippen molar-refractivity contribution in [1.29, 1.82) is 0 Å². The van der Waals surface area contributed by atoms with Gasteiger partial charge >= 0.3 is 0 Å². The average molecular weight is 349 g/mol. The Labute approximate surface area is 152 Å². The summed E-state index contributed by atoms with van der Waals surface area (Å²) < 4.78 is 5.29. The number of hydrogen-bond acceptors (Lipinski definition) is 3. The maximum atomic E-state index is 12.9. The quantitative estimate of drug-likeness (QED) is 0.812. The second-order valence-electron chi connectivity index (χ2n) is 10.1. The van der Waals surface area contributed by atoms with Gasteiger partial charge in [-0.3, -0.25) is 4.79 Å². The third-order valence-corrected chi connectivity index (χ3v) is 8.83. The Morgan fingerprint density at radius 1 is 1.04 bits per heavy atom. The number of carbonyl (C=O) groups is 1. The third kappa shape index (κ3) is 2.81. The summed E-state index contributed by atoms with van der Waals surface area (Å²) in [6, 6.07) is 0. The van der Waals surface area contributed by atoms with E-state index in [-0.39, 0.29) is 11.3 Å². The second kappa shape index (κ2) is 6.34. The summed E-state index contributed by atoms with van der Waals surface area (Å²) in [5.74, 6) is 4.44. The van der Waals surface area contributed by atoms with Crippen molar-refractivity contribution in [1.82, 2.24) is 0 Å². The fraction of sp³-hybridized carbons (Fsp3) is 0.955. The van der Waals surface area contributed by atoms with E-state index in [9.17, 15) is 9.90 Å². The van der Waals surface area contributed by atoms with Crippen molar-refractivity contribution in [2.24, 2.45) is 40.9 Å². The molecule has 3 heteroatoms. The van der Waals surface area contributed by atoms with Gasteiger partial charge in [0.2, 0.25) is 0 Å². The number of aliphatic hydroxyl groups is 1. The lowest BCUT2D eigenvalue weighted by Gasteiger charge is -2.59. The number of fused-ring (bicyclic) bond motifs is 5. The van der Waals surface area contributed by atoms with Crippen LogP contribution in [-0.4, -0.2) is 30.2 Å². The van der Waals surface area contributed by atoms with Crippen molar-refractivity contribution in [3.8, 4) is 0 Å². The summed E-state index contributed by atoms with van der Waals surface area (Å²) in [6.07, 6.45) is 10.2. The van der Waals surface area contributed by atoms with Crippen molar-refractivity contribution in [2.45, 2.75) is 77.2 Å². The van der Waals surface area contributed by atoms with E-state index in [1.807, 2.05) is 0 Å². The zero-order valence-electron chi connectivity index (χ0n) is 16.3. The van der Waals surface area contributed by atoms with Crippen LogP contribution >= 0.6 is 0 Å². The first-order valence-electron chi connectivity index (χ1n) is 10.6. The monoisotopic (exact) mass is 348 g/mol. The van der Waals surface area contributed by atoms with Crippen molar-refractivity contribution >= 4 is 5.78 Å². The van der Waals surface area contributed by atoms with E-state index in [2.05, 4.69) is 13.8 Å². The van der Waals surface area contributed by atoms with Crippen LogP contribution in [0.25, 0.3) is 0 Å². The van der Waals surface area contributed by atoms with Crippen LogP contribution in [0.15, 0.2) is 0 Å². The molecular formula is C22H36O3. The van der Waals surface area contributed by atoms with Gasteiger partial charge in [-0.1, -0.05) is 13.8 Å². The molecule has 1 N–H and O–H groups in total. The van der Waals surface area contributed by atoms with Gasteiger partial charge in [0.1, 0.15) is 5.78 Å². The minimum atomic E-state index is -0.595. The molecule has 0 aromatic heterocycles. The number of ether oxygens (including phenoxy) is 1. The van der Waals surface area contributed by atoms with Gasteiger partial charge in [-0.05, 0) is 87.4 Å². The Balaban J connectivity index is 1.52. The topological polar surface area (TPSA) is 46.5 Å². The Bertz CT molecular complexity index is 531. The molecule has 3 nitrogen and oxygen atoms in total. The van der Waals surface area contributed by atoms with Gasteiger partial charge in [-0.25, -0.2) is 0 Å². The van der Waals surface area contributed by atoms with Gasteiger partial charge in [-0.2, -0.15) is 0 Å². The third-order valence-electron chi connectivity index (χ3n) is 8.83. The molecule has 4 aliphatic rings. The summed E-state index contributed by atoms with van der Waals surface area (Å²) in [7, 11) is 1.70. The van der Waals surface area contributed by atoms with E-state index in [1.165, 1.54) is 25.7 Å². The van der Waals surface area contributed by atoms with Crippen molar-refractivity contribution in [2.75, 3.05) is 13.7 Å². The molecule has 0 aromatic carbocycles. The van der Waals surface area contributed by atoms with Crippen LogP contribution in [0.2, 0.25) is 0 Å². The minimum Gasteiger partial charge on any atom is -0.387 e. The molecule has 0 saturated heterocycles. The second-order valence-corrected chi connectivity index (χ2v) is 10.1. The van der Waals surface area contributed by atoms with Crippen LogP contribution in [0.4, 0.5) is 0 Å². The maximum Gasteiger partial charge on any atom is 0.141 e. The number of rotatable bonds is 2. The highest BCUT2D eigenvalue weighted by molar-refractivity contribution is 5.87. The SMILES string of the molecule is COC[C@@]1(O)CC[C@H]2[C@H](CC[C@@H]3[C@@H]2CC[C@]2(C)C(=O)[C@H](C)CC[C@@H]32)C1. The zero-order chi connectivity index (χ0) is 17.8. The van der Waals surface area contributed by atoms with E-state index >= 15 is 0 Å². The van der Waals surface area contributed by atoms with Gasteiger partial charge in [0.15, 0.2) is 0 Å². The van der Waals surface area contributed by atoms with Gasteiger partial charge < -0.3 is 9.84 Å². The summed E-state index contributed by atoms with van der Waals surface area (Å²) in [5, 5.41) is 10.8. The van der Waals surface area contributed by atoms with Crippen LogP contribution < -0.4 is 0 Å². The fourth-order valence-corrected chi connectivity index (χ4v) is 7.64. The molecule has 0 amide bonds. The van der Waals surface area contributed by atoms with Crippen LogP contribution in [0.5, 0.6) is 0 Å². The van der Waals surface area contributed by atoms with E-state index in [0.717, 1.165) is 49.9 Å². The van der Waals surface area contributed by atoms with Crippen LogP contribution in [0, 0.1) is 40.9 Å². The van der Waals surface area contributed by atoms with Crippen molar-refractivity contribution in [3.05, 3.63) is 0 Å². The molecule has 4 fully saturated rings. The molecule has 142 valence electrons. The Hall–Kier alpha value is -0.410.